The zero-order chi connectivity index (χ0) is 16.7. The Bertz CT molecular complexity index is 876. The minimum atomic E-state index is 0.0118. The van der Waals surface area contributed by atoms with Crippen molar-refractivity contribution in [2.45, 2.75) is 13.0 Å². The Morgan fingerprint density at radius 2 is 1.96 bits per heavy atom. The van der Waals surface area contributed by atoms with Crippen molar-refractivity contribution in [1.82, 2.24) is 29.7 Å². The van der Waals surface area contributed by atoms with Crippen molar-refractivity contribution in [1.29, 1.82) is 0 Å². The van der Waals surface area contributed by atoms with E-state index in [2.05, 4.69) is 15.4 Å². The first kappa shape index (κ1) is 14.6. The Kier molecular flexibility index (Phi) is 3.41. The van der Waals surface area contributed by atoms with Crippen molar-refractivity contribution < 1.29 is 4.79 Å². The molecule has 1 saturated heterocycles. The Balaban J connectivity index is 1.44. The number of benzene rings is 1. The molecule has 1 amide bonds. The lowest BCUT2D eigenvalue weighted by Crippen LogP contribution is -2.51. The van der Waals surface area contributed by atoms with Crippen molar-refractivity contribution >= 4 is 5.91 Å². The molecule has 3 heterocycles. The van der Waals surface area contributed by atoms with E-state index in [9.17, 15) is 4.79 Å². The second kappa shape index (κ2) is 5.59. The van der Waals surface area contributed by atoms with Crippen molar-refractivity contribution in [3.8, 4) is 11.3 Å². The van der Waals surface area contributed by atoms with E-state index in [1.807, 2.05) is 59.1 Å². The van der Waals surface area contributed by atoms with E-state index in [4.69, 9.17) is 0 Å². The summed E-state index contributed by atoms with van der Waals surface area (Å²) in [6.45, 7) is 3.16. The maximum absolute atomic E-state index is 12.5. The fourth-order valence-corrected chi connectivity index (χ4v) is 2.96. The molecule has 1 fully saturated rings. The molecule has 3 aromatic rings. The van der Waals surface area contributed by atoms with Gasteiger partial charge in [-0.3, -0.25) is 9.48 Å². The Hall–Kier alpha value is -2.96. The first-order valence-corrected chi connectivity index (χ1v) is 7.89. The van der Waals surface area contributed by atoms with Gasteiger partial charge in [0.05, 0.1) is 17.9 Å². The molecule has 0 aliphatic carbocycles. The van der Waals surface area contributed by atoms with Crippen LogP contribution in [0.2, 0.25) is 0 Å². The lowest BCUT2D eigenvalue weighted by Gasteiger charge is -2.38. The van der Waals surface area contributed by atoms with Crippen molar-refractivity contribution in [2.24, 2.45) is 7.05 Å². The Morgan fingerprint density at radius 1 is 1.21 bits per heavy atom. The summed E-state index contributed by atoms with van der Waals surface area (Å²) in [5.41, 5.74) is 3.36. The molecule has 0 N–H and O–H groups in total. The van der Waals surface area contributed by atoms with Crippen LogP contribution in [0.5, 0.6) is 0 Å². The molecule has 0 spiro atoms. The predicted molar refractivity (Wildman–Crippen MR) is 88.3 cm³/mol. The molecule has 7 heteroatoms. The van der Waals surface area contributed by atoms with Gasteiger partial charge in [-0.25, -0.2) is 4.68 Å². The van der Waals surface area contributed by atoms with Gasteiger partial charge in [-0.1, -0.05) is 35.5 Å². The van der Waals surface area contributed by atoms with Crippen LogP contribution in [-0.4, -0.2) is 48.7 Å². The molecule has 1 aromatic carbocycles. The zero-order valence-electron chi connectivity index (χ0n) is 13.6. The molecule has 1 aliphatic heterocycles. The number of nitrogens with zero attached hydrogens (tertiary/aromatic N) is 6. The number of likely N-dealkylation sites (tertiary alicyclic amines) is 1. The highest BCUT2D eigenvalue weighted by molar-refractivity contribution is 5.93. The summed E-state index contributed by atoms with van der Waals surface area (Å²) in [4.78, 5) is 14.3. The van der Waals surface area contributed by atoms with E-state index in [1.54, 1.807) is 11.7 Å². The van der Waals surface area contributed by atoms with Gasteiger partial charge in [0.15, 0.2) is 0 Å². The smallest absolute Gasteiger partial charge is 0.272 e. The molecule has 0 atom stereocenters. The molecule has 1 aliphatic rings. The monoisotopic (exact) mass is 322 g/mol. The summed E-state index contributed by atoms with van der Waals surface area (Å²) in [6.07, 6.45) is 1.94. The van der Waals surface area contributed by atoms with Gasteiger partial charge in [0.25, 0.3) is 5.91 Å². The number of aromatic nitrogens is 5. The summed E-state index contributed by atoms with van der Waals surface area (Å²) in [7, 11) is 1.79. The summed E-state index contributed by atoms with van der Waals surface area (Å²) < 4.78 is 3.48. The molecule has 24 heavy (non-hydrogen) atoms. The summed E-state index contributed by atoms with van der Waals surface area (Å²) in [5, 5.41) is 12.7. The predicted octanol–water partition coefficient (Wildman–Crippen LogP) is 1.68. The number of carbonyl (C=O) groups is 1. The van der Waals surface area contributed by atoms with Crippen molar-refractivity contribution in [3.05, 3.63) is 54.0 Å². The Morgan fingerprint density at radius 3 is 2.62 bits per heavy atom. The van der Waals surface area contributed by atoms with Gasteiger partial charge >= 0.3 is 0 Å². The maximum Gasteiger partial charge on any atom is 0.272 e. The second-order valence-corrected chi connectivity index (χ2v) is 6.11. The molecule has 0 saturated carbocycles. The van der Waals surface area contributed by atoms with E-state index in [0.29, 0.717) is 18.8 Å². The van der Waals surface area contributed by atoms with Crippen LogP contribution in [-0.2, 0) is 7.05 Å². The zero-order valence-corrected chi connectivity index (χ0v) is 13.6. The number of amides is 1. The highest BCUT2D eigenvalue weighted by atomic mass is 16.2. The second-order valence-electron chi connectivity index (χ2n) is 6.11. The normalized spacial score (nSPS) is 14.7. The number of carbonyl (C=O) groups excluding carboxylic acids is 1. The fourth-order valence-electron chi connectivity index (χ4n) is 2.96. The van der Waals surface area contributed by atoms with Gasteiger partial charge in [0.1, 0.15) is 11.4 Å². The first-order chi connectivity index (χ1) is 11.6. The molecular formula is C17H18N6O. The van der Waals surface area contributed by atoms with E-state index in [0.717, 1.165) is 17.0 Å². The highest BCUT2D eigenvalue weighted by Gasteiger charge is 2.34. The fraction of sp³-hybridized carbons (Fsp3) is 0.294. The standard InChI is InChI=1S/C17H18N6O/c1-12-8-16(21(2)19-12)17(24)22-9-14(10-22)23-11-15(18-20-23)13-6-4-3-5-7-13/h3-8,11,14H,9-10H2,1-2H3. The van der Waals surface area contributed by atoms with Gasteiger partial charge in [-0.2, -0.15) is 5.10 Å². The third kappa shape index (κ3) is 2.47. The van der Waals surface area contributed by atoms with Gasteiger partial charge in [-0.15, -0.1) is 5.10 Å². The average Bonchev–Trinajstić information content (AvgIpc) is 3.13. The summed E-state index contributed by atoms with van der Waals surface area (Å²) in [6, 6.07) is 11.9. The van der Waals surface area contributed by atoms with Crippen LogP contribution in [0.1, 0.15) is 22.2 Å². The number of aryl methyl sites for hydroxylation is 2. The minimum absolute atomic E-state index is 0.0118. The molecule has 122 valence electrons. The third-order valence-corrected chi connectivity index (χ3v) is 4.32. The minimum Gasteiger partial charge on any atom is -0.333 e. The van der Waals surface area contributed by atoms with E-state index in [1.165, 1.54) is 0 Å². The van der Waals surface area contributed by atoms with Gasteiger partial charge in [0, 0.05) is 25.7 Å². The molecule has 4 rings (SSSR count). The van der Waals surface area contributed by atoms with Crippen LogP contribution in [0.25, 0.3) is 11.3 Å². The largest absolute Gasteiger partial charge is 0.333 e. The van der Waals surface area contributed by atoms with Crippen LogP contribution < -0.4 is 0 Å². The lowest BCUT2D eigenvalue weighted by atomic mass is 10.1. The quantitative estimate of drug-likeness (QED) is 0.736. The van der Waals surface area contributed by atoms with Crippen molar-refractivity contribution in [3.63, 3.8) is 0 Å². The highest BCUT2D eigenvalue weighted by Crippen LogP contribution is 2.24. The Labute approximate surface area is 139 Å². The van der Waals surface area contributed by atoms with Crippen molar-refractivity contribution in [2.75, 3.05) is 13.1 Å². The molecule has 0 unspecified atom stereocenters. The van der Waals surface area contributed by atoms with Crippen LogP contribution in [0, 0.1) is 6.92 Å². The van der Waals surface area contributed by atoms with Gasteiger partial charge in [0.2, 0.25) is 0 Å². The number of hydrogen-bond acceptors (Lipinski definition) is 4. The summed E-state index contributed by atoms with van der Waals surface area (Å²) in [5.74, 6) is 0.0118. The number of rotatable bonds is 3. The van der Waals surface area contributed by atoms with E-state index < -0.39 is 0 Å². The number of hydrogen-bond donors (Lipinski definition) is 0. The van der Waals surface area contributed by atoms with Crippen LogP contribution in [0.3, 0.4) is 0 Å². The third-order valence-electron chi connectivity index (χ3n) is 4.32. The van der Waals surface area contributed by atoms with E-state index >= 15 is 0 Å². The molecule has 7 nitrogen and oxygen atoms in total. The maximum atomic E-state index is 12.5. The lowest BCUT2D eigenvalue weighted by molar-refractivity contribution is 0.0487. The SMILES string of the molecule is Cc1cc(C(=O)N2CC(n3cc(-c4ccccc4)nn3)C2)n(C)n1. The van der Waals surface area contributed by atoms with E-state index in [-0.39, 0.29) is 11.9 Å². The average molecular weight is 322 g/mol. The van der Waals surface area contributed by atoms with Gasteiger partial charge in [-0.05, 0) is 13.0 Å². The molecule has 0 bridgehead atoms. The van der Waals surface area contributed by atoms with Crippen LogP contribution in [0.15, 0.2) is 42.6 Å². The molecular weight excluding hydrogens is 304 g/mol. The van der Waals surface area contributed by atoms with Gasteiger partial charge < -0.3 is 4.90 Å². The summed E-state index contributed by atoms with van der Waals surface area (Å²) >= 11 is 0. The topological polar surface area (TPSA) is 68.8 Å². The van der Waals surface area contributed by atoms with Crippen LogP contribution >= 0.6 is 0 Å². The van der Waals surface area contributed by atoms with Crippen LogP contribution in [0.4, 0.5) is 0 Å². The molecule has 2 aromatic heterocycles. The first-order valence-electron chi connectivity index (χ1n) is 7.89. The molecule has 0 radical (unpaired) electrons.